The molecule has 19 heavy (non-hydrogen) atoms. The van der Waals surface area contributed by atoms with Gasteiger partial charge in [0.1, 0.15) is 0 Å². The minimum Gasteiger partial charge on any atom is -0.394 e. The first kappa shape index (κ1) is 15.5. The average Bonchev–Trinajstić information content (AvgIpc) is 2.49. The molecule has 0 aromatic heterocycles. The van der Waals surface area contributed by atoms with Gasteiger partial charge in [0, 0.05) is 24.3 Å². The van der Waals surface area contributed by atoms with Crippen molar-refractivity contribution in [2.24, 2.45) is 0 Å². The summed E-state index contributed by atoms with van der Waals surface area (Å²) in [5, 5.41) is 0. The molecule has 0 bridgehead atoms. The summed E-state index contributed by atoms with van der Waals surface area (Å²) < 4.78 is 12.9. The lowest BCUT2D eigenvalue weighted by atomic mass is 9.99. The summed E-state index contributed by atoms with van der Waals surface area (Å²) in [7, 11) is -1.99. The normalized spacial score (nSPS) is 23.7. The first-order valence-electron chi connectivity index (χ1n) is 8.61. The SMILES string of the molecule is CCO[Si](OCC)(C1CCCCC1)C1CCCCC1. The van der Waals surface area contributed by atoms with Gasteiger partial charge in [-0.1, -0.05) is 38.5 Å². The predicted molar refractivity (Wildman–Crippen MR) is 82.7 cm³/mol. The van der Waals surface area contributed by atoms with Gasteiger partial charge in [0.15, 0.2) is 0 Å². The molecule has 0 N–H and O–H groups in total. The van der Waals surface area contributed by atoms with E-state index >= 15 is 0 Å². The molecule has 0 aliphatic heterocycles. The summed E-state index contributed by atoms with van der Waals surface area (Å²) in [4.78, 5) is 0. The van der Waals surface area contributed by atoms with Crippen LogP contribution in [-0.4, -0.2) is 21.8 Å². The van der Waals surface area contributed by atoms with Crippen LogP contribution >= 0.6 is 0 Å². The second kappa shape index (κ2) is 7.80. The topological polar surface area (TPSA) is 18.5 Å². The largest absolute Gasteiger partial charge is 0.394 e. The van der Waals surface area contributed by atoms with Crippen LogP contribution in [0.1, 0.15) is 78.1 Å². The fraction of sp³-hybridized carbons (Fsp3) is 1.00. The lowest BCUT2D eigenvalue weighted by molar-refractivity contribution is 0.146. The van der Waals surface area contributed by atoms with E-state index in [2.05, 4.69) is 13.8 Å². The molecule has 0 amide bonds. The zero-order valence-corrected chi connectivity index (χ0v) is 14.0. The Balaban J connectivity index is 2.16. The van der Waals surface area contributed by atoms with E-state index in [-0.39, 0.29) is 0 Å². The Hall–Kier alpha value is 0.137. The van der Waals surface area contributed by atoms with Gasteiger partial charge in [-0.05, 0) is 39.5 Å². The number of hydrogen-bond acceptors (Lipinski definition) is 2. The zero-order chi connectivity index (χ0) is 13.6. The van der Waals surface area contributed by atoms with E-state index in [4.69, 9.17) is 8.85 Å². The summed E-state index contributed by atoms with van der Waals surface area (Å²) >= 11 is 0. The standard InChI is InChI=1S/C16H32O2Si/c1-3-17-19(18-4-2,15-11-7-5-8-12-15)16-13-9-6-10-14-16/h15-16H,3-14H2,1-2H3. The van der Waals surface area contributed by atoms with Gasteiger partial charge in [0.25, 0.3) is 0 Å². The summed E-state index contributed by atoms with van der Waals surface area (Å²) in [5.41, 5.74) is 1.54. The highest BCUT2D eigenvalue weighted by atomic mass is 28.4. The molecule has 0 unspecified atom stereocenters. The molecule has 2 nitrogen and oxygen atoms in total. The van der Waals surface area contributed by atoms with Crippen molar-refractivity contribution in [3.05, 3.63) is 0 Å². The van der Waals surface area contributed by atoms with Gasteiger partial charge in [0.2, 0.25) is 0 Å². The van der Waals surface area contributed by atoms with E-state index in [0.29, 0.717) is 0 Å². The lowest BCUT2D eigenvalue weighted by Gasteiger charge is -2.45. The van der Waals surface area contributed by atoms with Crippen LogP contribution in [0, 0.1) is 0 Å². The first-order chi connectivity index (χ1) is 9.33. The monoisotopic (exact) mass is 284 g/mol. The van der Waals surface area contributed by atoms with Crippen LogP contribution in [0.5, 0.6) is 0 Å². The third kappa shape index (κ3) is 3.62. The van der Waals surface area contributed by atoms with Crippen LogP contribution in [0.4, 0.5) is 0 Å². The summed E-state index contributed by atoms with van der Waals surface area (Å²) in [6.45, 7) is 6.01. The van der Waals surface area contributed by atoms with Gasteiger partial charge < -0.3 is 8.85 Å². The van der Waals surface area contributed by atoms with Crippen molar-refractivity contribution in [1.82, 2.24) is 0 Å². The molecule has 0 aromatic rings. The van der Waals surface area contributed by atoms with Crippen LogP contribution in [0.3, 0.4) is 0 Å². The van der Waals surface area contributed by atoms with Crippen LogP contribution < -0.4 is 0 Å². The third-order valence-electron chi connectivity index (χ3n) is 5.09. The Labute approximate surface area is 120 Å². The maximum Gasteiger partial charge on any atom is 0.344 e. The quantitative estimate of drug-likeness (QED) is 0.626. The first-order valence-corrected chi connectivity index (χ1v) is 10.6. The van der Waals surface area contributed by atoms with E-state index in [0.717, 1.165) is 24.3 Å². The second-order valence-electron chi connectivity index (χ2n) is 6.26. The van der Waals surface area contributed by atoms with Crippen LogP contribution in [0.15, 0.2) is 0 Å². The summed E-state index contributed by atoms with van der Waals surface area (Å²) in [5.74, 6) is 0. The number of rotatable bonds is 6. The van der Waals surface area contributed by atoms with E-state index in [9.17, 15) is 0 Å². The average molecular weight is 285 g/mol. The van der Waals surface area contributed by atoms with E-state index < -0.39 is 8.56 Å². The fourth-order valence-corrected chi connectivity index (χ4v) is 9.33. The van der Waals surface area contributed by atoms with Gasteiger partial charge in [-0.2, -0.15) is 0 Å². The van der Waals surface area contributed by atoms with Gasteiger partial charge in [-0.3, -0.25) is 0 Å². The third-order valence-corrected chi connectivity index (χ3v) is 10.00. The molecule has 3 heteroatoms. The number of hydrogen-bond donors (Lipinski definition) is 0. The van der Waals surface area contributed by atoms with E-state index in [1.807, 2.05) is 0 Å². The zero-order valence-electron chi connectivity index (χ0n) is 13.0. The highest BCUT2D eigenvalue weighted by molar-refractivity contribution is 6.70. The molecular weight excluding hydrogens is 252 g/mol. The molecule has 0 heterocycles. The molecule has 2 rings (SSSR count). The Morgan fingerprint density at radius 2 is 1.05 bits per heavy atom. The maximum absolute atomic E-state index is 6.47. The van der Waals surface area contributed by atoms with E-state index in [1.54, 1.807) is 0 Å². The molecule has 2 saturated carbocycles. The Morgan fingerprint density at radius 3 is 1.37 bits per heavy atom. The van der Waals surface area contributed by atoms with Crippen molar-refractivity contribution >= 4 is 8.56 Å². The Kier molecular flexibility index (Phi) is 6.37. The van der Waals surface area contributed by atoms with Crippen LogP contribution in [0.25, 0.3) is 0 Å². The van der Waals surface area contributed by atoms with Crippen molar-refractivity contribution in [3.63, 3.8) is 0 Å². The maximum atomic E-state index is 6.47. The summed E-state index contributed by atoms with van der Waals surface area (Å²) in [6, 6.07) is 0. The second-order valence-corrected chi connectivity index (χ2v) is 9.91. The van der Waals surface area contributed by atoms with Gasteiger partial charge in [-0.25, -0.2) is 0 Å². The molecule has 0 aromatic carbocycles. The van der Waals surface area contributed by atoms with Crippen molar-refractivity contribution < 1.29 is 8.85 Å². The highest BCUT2D eigenvalue weighted by Crippen LogP contribution is 2.49. The van der Waals surface area contributed by atoms with Crippen molar-refractivity contribution in [3.8, 4) is 0 Å². The minimum absolute atomic E-state index is 0.768. The predicted octanol–water partition coefficient (Wildman–Crippen LogP) is 5.17. The van der Waals surface area contributed by atoms with Crippen molar-refractivity contribution in [1.29, 1.82) is 0 Å². The highest BCUT2D eigenvalue weighted by Gasteiger charge is 2.51. The fourth-order valence-electron chi connectivity index (χ4n) is 4.31. The molecule has 0 spiro atoms. The minimum atomic E-state index is -1.99. The van der Waals surface area contributed by atoms with Crippen LogP contribution in [-0.2, 0) is 8.85 Å². The molecule has 2 aliphatic carbocycles. The Morgan fingerprint density at radius 1 is 0.684 bits per heavy atom. The molecule has 2 aliphatic rings. The van der Waals surface area contributed by atoms with E-state index in [1.165, 1.54) is 64.2 Å². The van der Waals surface area contributed by atoms with Gasteiger partial charge in [-0.15, -0.1) is 0 Å². The molecule has 0 atom stereocenters. The molecule has 0 saturated heterocycles. The van der Waals surface area contributed by atoms with Crippen molar-refractivity contribution in [2.45, 2.75) is 89.1 Å². The molecule has 112 valence electrons. The van der Waals surface area contributed by atoms with Crippen LogP contribution in [0.2, 0.25) is 11.1 Å². The Bertz CT molecular complexity index is 219. The summed E-state index contributed by atoms with van der Waals surface area (Å²) in [6.07, 6.45) is 13.9. The molecular formula is C16H32O2Si. The van der Waals surface area contributed by atoms with Gasteiger partial charge >= 0.3 is 8.56 Å². The van der Waals surface area contributed by atoms with Crippen molar-refractivity contribution in [2.75, 3.05) is 13.2 Å². The van der Waals surface area contributed by atoms with Gasteiger partial charge in [0.05, 0.1) is 0 Å². The molecule has 2 fully saturated rings. The smallest absolute Gasteiger partial charge is 0.344 e. The molecule has 0 radical (unpaired) electrons. The lowest BCUT2D eigenvalue weighted by Crippen LogP contribution is -2.52.